The zero-order chi connectivity index (χ0) is 15.6. The number of primary amides is 1. The molecule has 0 unspecified atom stereocenters. The summed E-state index contributed by atoms with van der Waals surface area (Å²) in [6, 6.07) is -0.814. The fraction of sp³-hybridized carbons (Fsp3) is 0.769. The number of ether oxygens (including phenoxy) is 1. The normalized spacial score (nSPS) is 15.2. The fourth-order valence-corrected chi connectivity index (χ4v) is 1.70. The second kappa shape index (κ2) is 9.74. The molecule has 6 nitrogen and oxygen atoms in total. The molecule has 7 heteroatoms. The number of cyclic esters (lactones) is 1. The van der Waals surface area contributed by atoms with Gasteiger partial charge in [0.05, 0.1) is 6.61 Å². The number of esters is 1. The van der Waals surface area contributed by atoms with Gasteiger partial charge in [0.2, 0.25) is 5.91 Å². The van der Waals surface area contributed by atoms with Gasteiger partial charge in [0.1, 0.15) is 4.32 Å². The Bertz CT molecular complexity index is 333. The van der Waals surface area contributed by atoms with Crippen LogP contribution >= 0.6 is 15.9 Å². The zero-order valence-electron chi connectivity index (χ0n) is 12.0. The Morgan fingerprint density at radius 3 is 2.40 bits per heavy atom. The molecule has 1 rings (SSSR count). The highest BCUT2D eigenvalue weighted by atomic mass is 79.9. The maximum absolute atomic E-state index is 11.3. The number of alkyl halides is 1. The van der Waals surface area contributed by atoms with Crippen LogP contribution < -0.4 is 11.1 Å². The molecular weight excluding hydrogens is 328 g/mol. The lowest BCUT2D eigenvalue weighted by molar-refractivity contribution is -0.142. The van der Waals surface area contributed by atoms with Gasteiger partial charge in [-0.25, -0.2) is 4.79 Å². The molecule has 0 spiro atoms. The summed E-state index contributed by atoms with van der Waals surface area (Å²) in [6.07, 6.45) is 5.06. The Morgan fingerprint density at radius 1 is 1.30 bits per heavy atom. The van der Waals surface area contributed by atoms with Gasteiger partial charge in [-0.2, -0.15) is 0 Å². The van der Waals surface area contributed by atoms with Crippen molar-refractivity contribution >= 4 is 33.8 Å². The predicted octanol–water partition coefficient (Wildman–Crippen LogP) is 2.24. The standard InChI is InChI=1S/C7H13BrN2O2.C6H10O2/c1-3-7(8,4-2)5(11)10-6(9)12;7-6-4-2-1-3-5-8-6/h3-4H2,1-2H3,(H3,9,10,11,12);1-5H2. The molecule has 0 aromatic heterocycles. The van der Waals surface area contributed by atoms with Crippen LogP contribution in [0.4, 0.5) is 4.79 Å². The number of carbonyl (C=O) groups is 3. The highest BCUT2D eigenvalue weighted by Crippen LogP contribution is 2.26. The molecule has 0 aliphatic carbocycles. The van der Waals surface area contributed by atoms with Crippen molar-refractivity contribution in [2.24, 2.45) is 5.73 Å². The first-order valence-corrected chi connectivity index (χ1v) is 7.60. The summed E-state index contributed by atoms with van der Waals surface area (Å²) in [6.45, 7) is 4.36. The van der Waals surface area contributed by atoms with Crippen LogP contribution in [0.2, 0.25) is 0 Å². The van der Waals surface area contributed by atoms with Crippen molar-refractivity contribution in [2.45, 2.75) is 56.7 Å². The summed E-state index contributed by atoms with van der Waals surface area (Å²) >= 11 is 3.26. The molecular formula is C13H23BrN2O4. The van der Waals surface area contributed by atoms with E-state index in [0.29, 0.717) is 25.9 Å². The van der Waals surface area contributed by atoms with E-state index in [1.165, 1.54) is 0 Å². The Balaban J connectivity index is 0.000000388. The van der Waals surface area contributed by atoms with Crippen LogP contribution in [-0.4, -0.2) is 28.8 Å². The molecule has 0 bridgehead atoms. The van der Waals surface area contributed by atoms with Crippen LogP contribution in [0.25, 0.3) is 0 Å². The second-order valence-electron chi connectivity index (χ2n) is 4.52. The Labute approximate surface area is 127 Å². The van der Waals surface area contributed by atoms with Crippen LogP contribution in [0.15, 0.2) is 0 Å². The Hall–Kier alpha value is -1.11. The van der Waals surface area contributed by atoms with Gasteiger partial charge >= 0.3 is 12.0 Å². The van der Waals surface area contributed by atoms with Gasteiger partial charge in [0.15, 0.2) is 0 Å². The van der Waals surface area contributed by atoms with Crippen molar-refractivity contribution in [1.29, 1.82) is 0 Å². The number of rotatable bonds is 3. The molecule has 1 aliphatic rings. The number of hydrogen-bond acceptors (Lipinski definition) is 4. The van der Waals surface area contributed by atoms with E-state index in [1.54, 1.807) is 0 Å². The van der Waals surface area contributed by atoms with Gasteiger partial charge in [-0.05, 0) is 32.1 Å². The lowest BCUT2D eigenvalue weighted by atomic mass is 10.0. The average Bonchev–Trinajstić information content (AvgIpc) is 2.65. The van der Waals surface area contributed by atoms with E-state index in [-0.39, 0.29) is 11.9 Å². The van der Waals surface area contributed by atoms with Crippen molar-refractivity contribution < 1.29 is 19.1 Å². The first kappa shape index (κ1) is 18.9. The molecule has 0 atom stereocenters. The molecule has 3 amide bonds. The summed E-state index contributed by atoms with van der Waals surface area (Å²) < 4.78 is 4.10. The molecule has 0 radical (unpaired) electrons. The number of carbonyl (C=O) groups excluding carboxylic acids is 3. The molecule has 0 aromatic carbocycles. The van der Waals surface area contributed by atoms with Gasteiger partial charge in [-0.3, -0.25) is 14.9 Å². The lowest BCUT2D eigenvalue weighted by Crippen LogP contribution is -2.46. The number of nitrogens with one attached hydrogen (secondary N) is 1. The second-order valence-corrected chi connectivity index (χ2v) is 6.04. The summed E-state index contributed by atoms with van der Waals surface area (Å²) in [5.41, 5.74) is 4.81. The van der Waals surface area contributed by atoms with Crippen molar-refractivity contribution in [1.82, 2.24) is 5.32 Å². The van der Waals surface area contributed by atoms with Crippen molar-refractivity contribution in [2.75, 3.05) is 6.61 Å². The SMILES string of the molecule is CCC(Br)(CC)C(=O)NC(N)=O.O=C1CCCCCO1. The molecule has 0 aromatic rings. The number of urea groups is 1. The molecule has 1 heterocycles. The maximum atomic E-state index is 11.3. The van der Waals surface area contributed by atoms with Crippen molar-refractivity contribution in [3.05, 3.63) is 0 Å². The smallest absolute Gasteiger partial charge is 0.318 e. The maximum Gasteiger partial charge on any atom is 0.318 e. The van der Waals surface area contributed by atoms with Gasteiger partial charge in [0.25, 0.3) is 0 Å². The molecule has 3 N–H and O–H groups in total. The van der Waals surface area contributed by atoms with Gasteiger partial charge in [0, 0.05) is 6.42 Å². The summed E-state index contributed by atoms with van der Waals surface area (Å²) in [5.74, 6) is -0.400. The van der Waals surface area contributed by atoms with E-state index in [1.807, 2.05) is 19.2 Å². The molecule has 1 saturated heterocycles. The minimum atomic E-state index is -0.814. The number of hydrogen-bond donors (Lipinski definition) is 2. The number of amides is 3. The van der Waals surface area contributed by atoms with Crippen molar-refractivity contribution in [3.63, 3.8) is 0 Å². The topological polar surface area (TPSA) is 98.5 Å². The molecule has 116 valence electrons. The number of imide groups is 1. The predicted molar refractivity (Wildman–Crippen MR) is 79.4 cm³/mol. The van der Waals surface area contributed by atoms with E-state index in [0.717, 1.165) is 19.3 Å². The summed E-state index contributed by atoms with van der Waals surface area (Å²) in [7, 11) is 0. The Kier molecular flexibility index (Phi) is 9.20. The summed E-state index contributed by atoms with van der Waals surface area (Å²) in [5, 5.41) is 2.04. The molecule has 1 aliphatic heterocycles. The quantitative estimate of drug-likeness (QED) is 0.602. The highest BCUT2D eigenvalue weighted by molar-refractivity contribution is 9.10. The van der Waals surface area contributed by atoms with Crippen LogP contribution in [0, 0.1) is 0 Å². The first-order chi connectivity index (χ1) is 9.35. The number of halogens is 1. The van der Waals surface area contributed by atoms with Crippen LogP contribution in [0.1, 0.15) is 52.4 Å². The highest BCUT2D eigenvalue weighted by Gasteiger charge is 2.32. The summed E-state index contributed by atoms with van der Waals surface area (Å²) in [4.78, 5) is 32.1. The van der Waals surface area contributed by atoms with Gasteiger partial charge in [-0.1, -0.05) is 29.8 Å². The van der Waals surface area contributed by atoms with Gasteiger partial charge < -0.3 is 10.5 Å². The van der Waals surface area contributed by atoms with E-state index in [4.69, 9.17) is 10.5 Å². The molecule has 20 heavy (non-hydrogen) atoms. The van der Waals surface area contributed by atoms with E-state index >= 15 is 0 Å². The third kappa shape index (κ3) is 7.47. The third-order valence-electron chi connectivity index (χ3n) is 3.05. The Morgan fingerprint density at radius 2 is 1.90 bits per heavy atom. The van der Waals surface area contributed by atoms with E-state index in [2.05, 4.69) is 15.9 Å². The molecule has 0 saturated carbocycles. The minimum Gasteiger partial charge on any atom is -0.466 e. The monoisotopic (exact) mass is 350 g/mol. The molecule has 1 fully saturated rings. The minimum absolute atomic E-state index is 0.0255. The van der Waals surface area contributed by atoms with Gasteiger partial charge in [-0.15, -0.1) is 0 Å². The largest absolute Gasteiger partial charge is 0.466 e. The lowest BCUT2D eigenvalue weighted by Gasteiger charge is -2.21. The first-order valence-electron chi connectivity index (χ1n) is 6.81. The average molecular weight is 351 g/mol. The van der Waals surface area contributed by atoms with Crippen LogP contribution in [-0.2, 0) is 14.3 Å². The van der Waals surface area contributed by atoms with E-state index < -0.39 is 10.4 Å². The number of nitrogens with two attached hydrogens (primary N) is 1. The van der Waals surface area contributed by atoms with Crippen LogP contribution in [0.5, 0.6) is 0 Å². The van der Waals surface area contributed by atoms with Crippen LogP contribution in [0.3, 0.4) is 0 Å². The fourth-order valence-electron chi connectivity index (χ4n) is 1.60. The van der Waals surface area contributed by atoms with Crippen molar-refractivity contribution in [3.8, 4) is 0 Å². The zero-order valence-corrected chi connectivity index (χ0v) is 13.6. The third-order valence-corrected chi connectivity index (χ3v) is 4.53. The van der Waals surface area contributed by atoms with E-state index in [9.17, 15) is 14.4 Å².